The molecule has 0 amide bonds. The fourth-order valence-corrected chi connectivity index (χ4v) is 2.93. The molecule has 0 aliphatic heterocycles. The average molecular weight is 518 g/mol. The molecule has 0 unspecified atom stereocenters. The SMILES string of the molecule is CCc1nncn1CCNC(=NC)NCCc1ccc(OC)c(OC)c1OC.I. The number of guanidine groups is 1. The molecule has 0 aliphatic carbocycles. The van der Waals surface area contributed by atoms with Gasteiger partial charge in [-0.25, -0.2) is 0 Å². The second-order valence-corrected chi connectivity index (χ2v) is 5.96. The number of hydrogen-bond acceptors (Lipinski definition) is 6. The molecule has 2 rings (SSSR count). The van der Waals surface area contributed by atoms with E-state index in [1.807, 2.05) is 16.7 Å². The van der Waals surface area contributed by atoms with Gasteiger partial charge in [0, 0.05) is 38.7 Å². The highest BCUT2D eigenvalue weighted by atomic mass is 127. The Balaban J connectivity index is 0.00000420. The van der Waals surface area contributed by atoms with Gasteiger partial charge in [-0.2, -0.15) is 0 Å². The van der Waals surface area contributed by atoms with Gasteiger partial charge < -0.3 is 29.4 Å². The highest BCUT2D eigenvalue weighted by Crippen LogP contribution is 2.39. The predicted molar refractivity (Wildman–Crippen MR) is 124 cm³/mol. The summed E-state index contributed by atoms with van der Waals surface area (Å²) < 4.78 is 18.3. The quantitative estimate of drug-likeness (QED) is 0.282. The molecule has 9 nitrogen and oxygen atoms in total. The molecule has 1 aromatic heterocycles. The number of nitrogens with one attached hydrogen (secondary N) is 2. The van der Waals surface area contributed by atoms with E-state index in [-0.39, 0.29) is 24.0 Å². The number of aryl methyl sites for hydroxylation is 1. The standard InChI is InChI=1S/C19H30N6O3.HI/c1-6-16-24-23-13-25(16)12-11-22-19(20-2)21-10-9-14-7-8-15(26-3)18(28-5)17(14)27-4;/h7-8,13H,6,9-12H2,1-5H3,(H2,20,21,22);1H. The zero-order valence-corrected chi connectivity index (χ0v) is 20.0. The largest absolute Gasteiger partial charge is 0.493 e. The molecule has 2 N–H and O–H groups in total. The van der Waals surface area contributed by atoms with Crippen molar-refractivity contribution in [1.82, 2.24) is 25.4 Å². The van der Waals surface area contributed by atoms with Crippen LogP contribution in [-0.4, -0.2) is 62.2 Å². The first-order valence-electron chi connectivity index (χ1n) is 9.27. The zero-order chi connectivity index (χ0) is 20.4. The minimum Gasteiger partial charge on any atom is -0.493 e. The lowest BCUT2D eigenvalue weighted by Crippen LogP contribution is -2.39. The number of aliphatic imine (C=N–C) groups is 1. The lowest BCUT2D eigenvalue weighted by Gasteiger charge is -2.17. The normalized spacial score (nSPS) is 10.9. The topological polar surface area (TPSA) is 94.8 Å². The van der Waals surface area contributed by atoms with Crippen molar-refractivity contribution in [3.8, 4) is 17.2 Å². The molecule has 0 saturated carbocycles. The number of aromatic nitrogens is 3. The molecule has 0 radical (unpaired) electrons. The molecule has 0 saturated heterocycles. The van der Waals surface area contributed by atoms with Crippen molar-refractivity contribution in [1.29, 1.82) is 0 Å². The summed E-state index contributed by atoms with van der Waals surface area (Å²) in [5.74, 6) is 3.65. The summed E-state index contributed by atoms with van der Waals surface area (Å²) in [4.78, 5) is 4.26. The maximum absolute atomic E-state index is 5.53. The lowest BCUT2D eigenvalue weighted by molar-refractivity contribution is 0.322. The summed E-state index contributed by atoms with van der Waals surface area (Å²) in [6.45, 7) is 4.26. The van der Waals surface area contributed by atoms with E-state index in [1.165, 1.54) is 0 Å². The molecule has 1 aromatic carbocycles. The molecule has 29 heavy (non-hydrogen) atoms. The number of halogens is 1. The first kappa shape index (κ1) is 24.8. The first-order valence-corrected chi connectivity index (χ1v) is 9.27. The molecule has 10 heteroatoms. The fourth-order valence-electron chi connectivity index (χ4n) is 2.93. The lowest BCUT2D eigenvalue weighted by atomic mass is 10.1. The van der Waals surface area contributed by atoms with Crippen molar-refractivity contribution >= 4 is 29.9 Å². The molecule has 162 valence electrons. The predicted octanol–water partition coefficient (Wildman–Crippen LogP) is 1.89. The van der Waals surface area contributed by atoms with Crippen molar-refractivity contribution in [3.05, 3.63) is 29.8 Å². The fraction of sp³-hybridized carbons (Fsp3) is 0.526. The van der Waals surface area contributed by atoms with Gasteiger partial charge in [0.15, 0.2) is 17.5 Å². The van der Waals surface area contributed by atoms with Crippen LogP contribution in [0.3, 0.4) is 0 Å². The Labute approximate surface area is 189 Å². The highest BCUT2D eigenvalue weighted by Gasteiger charge is 2.15. The van der Waals surface area contributed by atoms with E-state index in [1.54, 1.807) is 34.7 Å². The molecule has 0 bridgehead atoms. The van der Waals surface area contributed by atoms with Crippen LogP contribution in [0.4, 0.5) is 0 Å². The van der Waals surface area contributed by atoms with E-state index in [9.17, 15) is 0 Å². The summed E-state index contributed by atoms with van der Waals surface area (Å²) in [5.41, 5.74) is 1.03. The third-order valence-corrected chi connectivity index (χ3v) is 4.35. The Morgan fingerprint density at radius 3 is 2.41 bits per heavy atom. The molecule has 1 heterocycles. The van der Waals surface area contributed by atoms with Gasteiger partial charge in [0.2, 0.25) is 5.75 Å². The van der Waals surface area contributed by atoms with Gasteiger partial charge >= 0.3 is 0 Å². The molecule has 0 spiro atoms. The van der Waals surface area contributed by atoms with Gasteiger partial charge in [-0.05, 0) is 12.5 Å². The molecular formula is C19H31IN6O3. The maximum Gasteiger partial charge on any atom is 0.203 e. The van der Waals surface area contributed by atoms with Crippen LogP contribution in [0.15, 0.2) is 23.5 Å². The van der Waals surface area contributed by atoms with E-state index < -0.39 is 0 Å². The van der Waals surface area contributed by atoms with Gasteiger partial charge in [0.25, 0.3) is 0 Å². The van der Waals surface area contributed by atoms with Crippen molar-refractivity contribution in [2.45, 2.75) is 26.3 Å². The molecular weight excluding hydrogens is 487 g/mol. The number of rotatable bonds is 10. The highest BCUT2D eigenvalue weighted by molar-refractivity contribution is 14.0. The van der Waals surface area contributed by atoms with Gasteiger partial charge in [-0.3, -0.25) is 4.99 Å². The minimum absolute atomic E-state index is 0. The van der Waals surface area contributed by atoms with E-state index in [2.05, 4.69) is 32.7 Å². The third-order valence-electron chi connectivity index (χ3n) is 4.35. The second-order valence-electron chi connectivity index (χ2n) is 5.96. The van der Waals surface area contributed by atoms with E-state index in [4.69, 9.17) is 14.2 Å². The summed E-state index contributed by atoms with van der Waals surface area (Å²) in [5, 5.41) is 14.6. The van der Waals surface area contributed by atoms with Crippen LogP contribution in [0.5, 0.6) is 17.2 Å². The maximum atomic E-state index is 5.53. The summed E-state index contributed by atoms with van der Waals surface area (Å²) in [6.07, 6.45) is 3.36. The van der Waals surface area contributed by atoms with Crippen LogP contribution in [0.1, 0.15) is 18.3 Å². The van der Waals surface area contributed by atoms with Crippen LogP contribution in [0, 0.1) is 0 Å². The summed E-state index contributed by atoms with van der Waals surface area (Å²) in [7, 11) is 6.60. The number of ether oxygens (including phenoxy) is 3. The third kappa shape index (κ3) is 6.65. The van der Waals surface area contributed by atoms with Gasteiger partial charge in [-0.15, -0.1) is 34.2 Å². The number of hydrogen-bond donors (Lipinski definition) is 2. The van der Waals surface area contributed by atoms with Crippen LogP contribution in [0.25, 0.3) is 0 Å². The van der Waals surface area contributed by atoms with Crippen LogP contribution < -0.4 is 24.8 Å². The Morgan fingerprint density at radius 2 is 1.79 bits per heavy atom. The molecule has 0 atom stereocenters. The van der Waals surface area contributed by atoms with Crippen LogP contribution in [0.2, 0.25) is 0 Å². The van der Waals surface area contributed by atoms with Crippen molar-refractivity contribution < 1.29 is 14.2 Å². The zero-order valence-electron chi connectivity index (χ0n) is 17.7. The van der Waals surface area contributed by atoms with Gasteiger partial charge in [0.1, 0.15) is 12.2 Å². The Hall–Kier alpha value is -2.24. The molecule has 0 fully saturated rings. The Morgan fingerprint density at radius 1 is 1.07 bits per heavy atom. The van der Waals surface area contributed by atoms with E-state index in [0.717, 1.165) is 43.3 Å². The van der Waals surface area contributed by atoms with Crippen LogP contribution >= 0.6 is 24.0 Å². The number of methoxy groups -OCH3 is 3. The summed E-state index contributed by atoms with van der Waals surface area (Å²) in [6, 6.07) is 3.87. The van der Waals surface area contributed by atoms with Crippen LogP contribution in [-0.2, 0) is 19.4 Å². The minimum atomic E-state index is 0. The van der Waals surface area contributed by atoms with Crippen molar-refractivity contribution in [2.24, 2.45) is 4.99 Å². The van der Waals surface area contributed by atoms with Gasteiger partial charge in [-0.1, -0.05) is 13.0 Å². The second kappa shape index (κ2) is 13.1. The number of benzene rings is 1. The Bertz CT molecular complexity index is 781. The number of nitrogens with zero attached hydrogens (tertiary/aromatic N) is 4. The molecule has 2 aromatic rings. The monoisotopic (exact) mass is 518 g/mol. The molecule has 0 aliphatic rings. The van der Waals surface area contributed by atoms with E-state index in [0.29, 0.717) is 23.8 Å². The van der Waals surface area contributed by atoms with Gasteiger partial charge in [0.05, 0.1) is 21.3 Å². The van der Waals surface area contributed by atoms with E-state index >= 15 is 0 Å². The smallest absolute Gasteiger partial charge is 0.203 e. The van der Waals surface area contributed by atoms with Crippen molar-refractivity contribution in [2.75, 3.05) is 41.5 Å². The van der Waals surface area contributed by atoms with Crippen molar-refractivity contribution in [3.63, 3.8) is 0 Å². The summed E-state index contributed by atoms with van der Waals surface area (Å²) >= 11 is 0. The first-order chi connectivity index (χ1) is 13.7. The average Bonchev–Trinajstić information content (AvgIpc) is 3.19. The Kier molecular flexibility index (Phi) is 11.2.